The van der Waals surface area contributed by atoms with Crippen LogP contribution in [0, 0.1) is 5.82 Å². The Labute approximate surface area is 267 Å². The van der Waals surface area contributed by atoms with E-state index in [2.05, 4.69) is 25.3 Å². The van der Waals surface area contributed by atoms with Crippen LogP contribution >= 0.6 is 0 Å². The first-order valence-electron chi connectivity index (χ1n) is 14.5. The first kappa shape index (κ1) is 41.2. The lowest BCUT2D eigenvalue weighted by Gasteiger charge is -2.26. The number of nitrogens with one attached hydrogen (secondary N) is 1. The highest BCUT2D eigenvalue weighted by Gasteiger charge is 2.49. The van der Waals surface area contributed by atoms with E-state index in [0.29, 0.717) is 29.1 Å². The van der Waals surface area contributed by atoms with E-state index in [9.17, 15) is 48.3 Å². The van der Waals surface area contributed by atoms with Gasteiger partial charge in [-0.05, 0) is 30.7 Å². The van der Waals surface area contributed by atoms with Gasteiger partial charge in [0.05, 0.1) is 23.5 Å². The molecular formula is C29H36F8N6O3S. The zero-order valence-electron chi connectivity index (χ0n) is 26.6. The standard InChI is InChI=1S/C23H18F8N6O3S.3C2H6/c1-11-16(25)5-18(37(11)41(39,40)19-3-2-14(24)9-33-19)20(38)34-6-12-4-17(32-10-15(12)22(26,27)28)13-7-35-21(36-8-13)23(29,30)31;3*1-2/h2-4,7-11,16,18H,5-6H2,1H3,(H,34,38);3*1-2H3/t11?,16-,18?;;;/m1.../s1. The van der Waals surface area contributed by atoms with Crippen molar-refractivity contribution in [3.63, 3.8) is 0 Å². The Morgan fingerprint density at radius 1 is 0.894 bits per heavy atom. The molecule has 0 bridgehead atoms. The molecule has 1 aliphatic rings. The molecule has 1 aliphatic heterocycles. The molecule has 3 aromatic heterocycles. The minimum atomic E-state index is -4.96. The Hall–Kier alpha value is -3.80. The van der Waals surface area contributed by atoms with Crippen LogP contribution in [0.3, 0.4) is 0 Å². The van der Waals surface area contributed by atoms with E-state index in [1.165, 1.54) is 6.92 Å². The van der Waals surface area contributed by atoms with Crippen molar-refractivity contribution >= 4 is 15.9 Å². The average molecular weight is 701 g/mol. The SMILES string of the molecule is CC.CC.CC.CC1[C@H](F)CC(C(=O)NCc2cc(-c3cnc(C(F)(F)F)nc3)ncc2C(F)(F)F)N1S(=O)(=O)c1ccc(F)cn1. The average Bonchev–Trinajstić information content (AvgIpc) is 3.36. The summed E-state index contributed by atoms with van der Waals surface area (Å²) in [4.78, 5) is 26.4. The fourth-order valence-corrected chi connectivity index (χ4v) is 5.88. The van der Waals surface area contributed by atoms with Crippen LogP contribution in [-0.4, -0.2) is 56.8 Å². The van der Waals surface area contributed by atoms with E-state index in [0.717, 1.165) is 18.2 Å². The lowest BCUT2D eigenvalue weighted by atomic mass is 10.1. The summed E-state index contributed by atoms with van der Waals surface area (Å²) in [6, 6.07) is -0.584. The third-order valence-corrected chi connectivity index (χ3v) is 8.09. The van der Waals surface area contributed by atoms with E-state index in [1.54, 1.807) is 0 Å². The maximum absolute atomic E-state index is 14.6. The van der Waals surface area contributed by atoms with E-state index in [-0.39, 0.29) is 11.3 Å². The van der Waals surface area contributed by atoms with Crippen molar-refractivity contribution in [3.05, 3.63) is 65.8 Å². The number of halogens is 8. The summed E-state index contributed by atoms with van der Waals surface area (Å²) in [5.41, 5.74) is -2.28. The number of carbonyl (C=O) groups is 1. The highest BCUT2D eigenvalue weighted by molar-refractivity contribution is 7.89. The quantitative estimate of drug-likeness (QED) is 0.276. The van der Waals surface area contributed by atoms with Gasteiger partial charge < -0.3 is 5.32 Å². The minimum absolute atomic E-state index is 0.159. The molecule has 0 spiro atoms. The number of rotatable bonds is 6. The third-order valence-electron chi connectivity index (χ3n) is 6.17. The first-order chi connectivity index (χ1) is 22.0. The Morgan fingerprint density at radius 3 is 1.96 bits per heavy atom. The molecule has 4 rings (SSSR count). The van der Waals surface area contributed by atoms with Crippen molar-refractivity contribution in [2.45, 2.75) is 97.1 Å². The molecule has 1 saturated heterocycles. The van der Waals surface area contributed by atoms with Crippen LogP contribution in [0.2, 0.25) is 0 Å². The summed E-state index contributed by atoms with van der Waals surface area (Å²) in [7, 11) is -4.63. The van der Waals surface area contributed by atoms with Gasteiger partial charge in [0.25, 0.3) is 10.0 Å². The second-order valence-corrected chi connectivity index (χ2v) is 10.7. The summed E-state index contributed by atoms with van der Waals surface area (Å²) in [5.74, 6) is -3.46. The van der Waals surface area contributed by atoms with Crippen molar-refractivity contribution in [3.8, 4) is 11.3 Å². The molecule has 0 radical (unpaired) electrons. The van der Waals surface area contributed by atoms with Gasteiger partial charge in [0.2, 0.25) is 11.7 Å². The van der Waals surface area contributed by atoms with Crippen molar-refractivity contribution in [1.29, 1.82) is 0 Å². The van der Waals surface area contributed by atoms with Gasteiger partial charge in [0.15, 0.2) is 5.03 Å². The number of hydrogen-bond donors (Lipinski definition) is 1. The fourth-order valence-electron chi connectivity index (χ4n) is 4.15. The lowest BCUT2D eigenvalue weighted by Crippen LogP contribution is -2.48. The molecule has 47 heavy (non-hydrogen) atoms. The number of hydrogen-bond acceptors (Lipinski definition) is 7. The summed E-state index contributed by atoms with van der Waals surface area (Å²) >= 11 is 0. The molecule has 4 heterocycles. The van der Waals surface area contributed by atoms with Gasteiger partial charge in [-0.25, -0.2) is 32.2 Å². The van der Waals surface area contributed by atoms with E-state index in [1.807, 2.05) is 41.5 Å². The molecule has 0 aliphatic carbocycles. The number of nitrogens with zero attached hydrogens (tertiary/aromatic N) is 5. The van der Waals surface area contributed by atoms with Crippen molar-refractivity contribution in [2.24, 2.45) is 0 Å². The third kappa shape index (κ3) is 10.1. The second kappa shape index (κ2) is 17.4. The molecule has 2 unspecified atom stereocenters. The molecule has 1 fully saturated rings. The van der Waals surface area contributed by atoms with Crippen molar-refractivity contribution in [1.82, 2.24) is 29.6 Å². The monoisotopic (exact) mass is 700 g/mol. The fraction of sp³-hybridized carbons (Fsp3) is 0.483. The highest BCUT2D eigenvalue weighted by atomic mass is 32.2. The smallest absolute Gasteiger partial charge is 0.351 e. The zero-order chi connectivity index (χ0) is 36.3. The van der Waals surface area contributed by atoms with Gasteiger partial charge in [-0.3, -0.25) is 9.78 Å². The molecule has 0 saturated carbocycles. The molecule has 18 heteroatoms. The van der Waals surface area contributed by atoms with Gasteiger partial charge in [-0.2, -0.15) is 30.6 Å². The Morgan fingerprint density at radius 2 is 1.47 bits per heavy atom. The van der Waals surface area contributed by atoms with Gasteiger partial charge in [0.1, 0.15) is 18.0 Å². The van der Waals surface area contributed by atoms with Crippen LogP contribution in [-0.2, 0) is 33.7 Å². The van der Waals surface area contributed by atoms with Crippen LogP contribution in [0.1, 0.15) is 71.8 Å². The summed E-state index contributed by atoms with van der Waals surface area (Å²) < 4.78 is 134. The van der Waals surface area contributed by atoms with Gasteiger partial charge in [-0.15, -0.1) is 0 Å². The van der Waals surface area contributed by atoms with E-state index >= 15 is 0 Å². The molecular weight excluding hydrogens is 664 g/mol. The highest BCUT2D eigenvalue weighted by Crippen LogP contribution is 2.35. The van der Waals surface area contributed by atoms with Gasteiger partial charge >= 0.3 is 12.4 Å². The van der Waals surface area contributed by atoms with Gasteiger partial charge in [0, 0.05) is 37.1 Å². The predicted octanol–water partition coefficient (Wildman–Crippen LogP) is 6.99. The van der Waals surface area contributed by atoms with Crippen molar-refractivity contribution in [2.75, 3.05) is 0 Å². The zero-order valence-corrected chi connectivity index (χ0v) is 27.4. The van der Waals surface area contributed by atoms with E-state index < -0.39 is 87.3 Å². The predicted molar refractivity (Wildman–Crippen MR) is 157 cm³/mol. The number of carbonyl (C=O) groups excluding carboxylic acids is 1. The Kier molecular flexibility index (Phi) is 15.2. The first-order valence-corrected chi connectivity index (χ1v) is 16.0. The summed E-state index contributed by atoms with van der Waals surface area (Å²) in [6.45, 7) is 12.3. The summed E-state index contributed by atoms with van der Waals surface area (Å²) in [5, 5.41) is 1.49. The normalized spacial score (nSPS) is 18.1. The van der Waals surface area contributed by atoms with Crippen LogP contribution in [0.5, 0.6) is 0 Å². The van der Waals surface area contributed by atoms with Crippen LogP contribution < -0.4 is 5.32 Å². The lowest BCUT2D eigenvalue weighted by molar-refractivity contribution is -0.145. The Balaban J connectivity index is 0.00000174. The maximum Gasteiger partial charge on any atom is 0.451 e. The molecule has 3 aromatic rings. The van der Waals surface area contributed by atoms with Gasteiger partial charge in [-0.1, -0.05) is 41.5 Å². The molecule has 1 amide bonds. The van der Waals surface area contributed by atoms with Crippen molar-refractivity contribution < 1.29 is 48.3 Å². The van der Waals surface area contributed by atoms with Crippen LogP contribution in [0.15, 0.2) is 48.0 Å². The number of amides is 1. The topological polar surface area (TPSA) is 118 Å². The van der Waals surface area contributed by atoms with Crippen LogP contribution in [0.25, 0.3) is 11.3 Å². The maximum atomic E-state index is 14.6. The Bertz CT molecular complexity index is 1540. The number of aromatic nitrogens is 4. The molecule has 3 atom stereocenters. The largest absolute Gasteiger partial charge is 0.451 e. The second-order valence-electron chi connectivity index (χ2n) is 8.89. The molecule has 0 aromatic carbocycles. The molecule has 262 valence electrons. The van der Waals surface area contributed by atoms with E-state index in [4.69, 9.17) is 0 Å². The summed E-state index contributed by atoms with van der Waals surface area (Å²) in [6.07, 6.45) is -9.83. The number of pyridine rings is 2. The molecule has 9 nitrogen and oxygen atoms in total. The molecule has 1 N–H and O–H groups in total. The van der Waals surface area contributed by atoms with Crippen LogP contribution in [0.4, 0.5) is 35.1 Å². The minimum Gasteiger partial charge on any atom is -0.351 e. The number of sulfonamides is 1. The number of alkyl halides is 7.